The molecule has 0 radical (unpaired) electrons. The van der Waals surface area contributed by atoms with Gasteiger partial charge in [-0.15, -0.1) is 0 Å². The Balaban J connectivity index is 2.48. The lowest BCUT2D eigenvalue weighted by Crippen LogP contribution is -2.32. The van der Waals surface area contributed by atoms with Gasteiger partial charge in [-0.3, -0.25) is 10.5 Å². The molecule has 2 heterocycles. The van der Waals surface area contributed by atoms with E-state index in [0.29, 0.717) is 5.02 Å². The van der Waals surface area contributed by atoms with Crippen LogP contribution in [-0.2, 0) is 0 Å². The van der Waals surface area contributed by atoms with Crippen LogP contribution >= 0.6 is 11.6 Å². The topological polar surface area (TPSA) is 81.7 Å². The van der Waals surface area contributed by atoms with Gasteiger partial charge in [-0.2, -0.15) is 5.10 Å². The van der Waals surface area contributed by atoms with Crippen molar-refractivity contribution in [3.8, 4) is 0 Å². The molecule has 2 rings (SSSR count). The van der Waals surface area contributed by atoms with Crippen LogP contribution in [0, 0.1) is 0 Å². The molecular weight excluding hydrogens is 252 g/mol. The van der Waals surface area contributed by atoms with Gasteiger partial charge in [0.1, 0.15) is 12.4 Å². The zero-order chi connectivity index (χ0) is 13.1. The molecule has 7 heteroatoms. The van der Waals surface area contributed by atoms with Crippen LogP contribution < -0.4 is 11.3 Å². The monoisotopic (exact) mass is 266 g/mol. The van der Waals surface area contributed by atoms with Gasteiger partial charge in [-0.1, -0.05) is 11.6 Å². The molecule has 0 fully saturated rings. The number of hydrogen-bond acceptors (Lipinski definition) is 5. The normalized spacial score (nSPS) is 12.9. The number of nitrogens with zero attached hydrogens (tertiary/aromatic N) is 4. The van der Waals surface area contributed by atoms with E-state index in [9.17, 15) is 0 Å². The number of hydrogen-bond donors (Lipinski definition) is 2. The summed E-state index contributed by atoms with van der Waals surface area (Å²) in [5.41, 5.74) is 4.27. The molecule has 0 aromatic carbocycles. The van der Waals surface area contributed by atoms with Crippen LogP contribution in [-0.4, -0.2) is 19.7 Å². The summed E-state index contributed by atoms with van der Waals surface area (Å²) in [7, 11) is 0. The maximum absolute atomic E-state index is 6.19. The van der Waals surface area contributed by atoms with Crippen molar-refractivity contribution < 1.29 is 0 Å². The Kier molecular flexibility index (Phi) is 3.90. The van der Waals surface area contributed by atoms with Crippen molar-refractivity contribution in [1.29, 1.82) is 0 Å². The quantitative estimate of drug-likeness (QED) is 0.647. The smallest absolute Gasteiger partial charge is 0.115 e. The summed E-state index contributed by atoms with van der Waals surface area (Å²) in [6, 6.07) is 1.66. The number of nitrogens with two attached hydrogens (primary N) is 1. The summed E-state index contributed by atoms with van der Waals surface area (Å²) < 4.78 is 1.83. The van der Waals surface area contributed by atoms with Crippen LogP contribution in [0.2, 0.25) is 5.02 Å². The Hall–Kier alpha value is -1.50. The van der Waals surface area contributed by atoms with Gasteiger partial charge in [0, 0.05) is 12.2 Å². The Morgan fingerprint density at radius 3 is 2.78 bits per heavy atom. The van der Waals surface area contributed by atoms with Crippen LogP contribution in [0.4, 0.5) is 0 Å². The second kappa shape index (κ2) is 5.43. The van der Waals surface area contributed by atoms with E-state index in [2.05, 4.69) is 20.5 Å². The van der Waals surface area contributed by atoms with Crippen LogP contribution in [0.15, 0.2) is 24.8 Å². The molecule has 0 aliphatic carbocycles. The van der Waals surface area contributed by atoms with Gasteiger partial charge in [-0.05, 0) is 19.9 Å². The largest absolute Gasteiger partial charge is 0.270 e. The molecule has 0 bridgehead atoms. The third kappa shape index (κ3) is 2.35. The molecule has 3 N–H and O–H groups in total. The van der Waals surface area contributed by atoms with Crippen molar-refractivity contribution >= 4 is 11.6 Å². The van der Waals surface area contributed by atoms with Crippen molar-refractivity contribution in [2.75, 3.05) is 0 Å². The molecule has 0 saturated carbocycles. The van der Waals surface area contributed by atoms with Crippen molar-refractivity contribution in [2.45, 2.75) is 25.9 Å². The van der Waals surface area contributed by atoms with E-state index in [1.807, 2.05) is 18.5 Å². The fourth-order valence-electron chi connectivity index (χ4n) is 1.81. The number of halogens is 1. The van der Waals surface area contributed by atoms with Gasteiger partial charge in [0.2, 0.25) is 0 Å². The molecule has 0 spiro atoms. The molecule has 6 nitrogen and oxygen atoms in total. The third-order valence-electron chi connectivity index (χ3n) is 2.62. The molecule has 0 aliphatic rings. The third-order valence-corrected chi connectivity index (χ3v) is 2.91. The van der Waals surface area contributed by atoms with Crippen LogP contribution in [0.1, 0.15) is 37.3 Å². The lowest BCUT2D eigenvalue weighted by molar-refractivity contribution is 0.472. The van der Waals surface area contributed by atoms with Crippen molar-refractivity contribution in [1.82, 2.24) is 25.2 Å². The number of rotatable bonds is 4. The summed E-state index contributed by atoms with van der Waals surface area (Å²) in [5, 5.41) is 4.82. The van der Waals surface area contributed by atoms with Crippen LogP contribution in [0.3, 0.4) is 0 Å². The summed E-state index contributed by atoms with van der Waals surface area (Å²) in [5.74, 6) is 5.62. The minimum Gasteiger partial charge on any atom is -0.270 e. The first kappa shape index (κ1) is 12.9. The van der Waals surface area contributed by atoms with E-state index < -0.39 is 0 Å². The Labute approximate surface area is 110 Å². The average Bonchev–Trinajstić information content (AvgIpc) is 2.74. The standard InChI is InChI=1S/C11H15ClN6/c1-7(2)18-11(8(12)5-16-18)10(17-13)9-3-4-14-6-15-9/h3-7,10,17H,13H2,1-2H3. The van der Waals surface area contributed by atoms with Gasteiger partial charge in [-0.25, -0.2) is 15.4 Å². The van der Waals surface area contributed by atoms with Gasteiger partial charge >= 0.3 is 0 Å². The van der Waals surface area contributed by atoms with Gasteiger partial charge in [0.15, 0.2) is 0 Å². The fourth-order valence-corrected chi connectivity index (χ4v) is 2.05. The lowest BCUT2D eigenvalue weighted by Gasteiger charge is -2.19. The molecular formula is C11H15ClN6. The van der Waals surface area contributed by atoms with E-state index in [-0.39, 0.29) is 12.1 Å². The first-order valence-electron chi connectivity index (χ1n) is 5.60. The summed E-state index contributed by atoms with van der Waals surface area (Å²) in [4.78, 5) is 8.08. The second-order valence-electron chi connectivity index (χ2n) is 4.15. The van der Waals surface area contributed by atoms with E-state index in [1.54, 1.807) is 18.5 Å². The molecule has 0 amide bonds. The summed E-state index contributed by atoms with van der Waals surface area (Å²) in [6.07, 6.45) is 4.75. The average molecular weight is 267 g/mol. The predicted octanol–water partition coefficient (Wildman–Crippen LogP) is 1.46. The van der Waals surface area contributed by atoms with Gasteiger partial charge < -0.3 is 0 Å². The minimum absolute atomic E-state index is 0.185. The van der Waals surface area contributed by atoms with Crippen molar-refractivity contribution in [3.05, 3.63) is 41.2 Å². The summed E-state index contributed by atoms with van der Waals surface area (Å²) >= 11 is 6.19. The van der Waals surface area contributed by atoms with E-state index in [4.69, 9.17) is 17.4 Å². The highest BCUT2D eigenvalue weighted by atomic mass is 35.5. The number of nitrogens with one attached hydrogen (secondary N) is 1. The molecule has 18 heavy (non-hydrogen) atoms. The van der Waals surface area contributed by atoms with Crippen molar-refractivity contribution in [3.63, 3.8) is 0 Å². The van der Waals surface area contributed by atoms with E-state index in [1.165, 1.54) is 6.33 Å². The van der Waals surface area contributed by atoms with Crippen LogP contribution in [0.5, 0.6) is 0 Å². The summed E-state index contributed by atoms with van der Waals surface area (Å²) in [6.45, 7) is 4.06. The van der Waals surface area contributed by atoms with E-state index in [0.717, 1.165) is 11.4 Å². The Morgan fingerprint density at radius 1 is 1.44 bits per heavy atom. The number of hydrazine groups is 1. The molecule has 1 unspecified atom stereocenters. The van der Waals surface area contributed by atoms with Crippen molar-refractivity contribution in [2.24, 2.45) is 5.84 Å². The van der Waals surface area contributed by atoms with E-state index >= 15 is 0 Å². The first-order valence-corrected chi connectivity index (χ1v) is 5.98. The Morgan fingerprint density at radius 2 is 2.22 bits per heavy atom. The zero-order valence-electron chi connectivity index (χ0n) is 10.2. The highest BCUT2D eigenvalue weighted by molar-refractivity contribution is 6.31. The highest BCUT2D eigenvalue weighted by Crippen LogP contribution is 2.28. The molecule has 2 aromatic heterocycles. The number of aromatic nitrogens is 4. The SMILES string of the molecule is CC(C)n1ncc(Cl)c1C(NN)c1ccncn1. The Bertz CT molecular complexity index is 510. The predicted molar refractivity (Wildman–Crippen MR) is 68.8 cm³/mol. The highest BCUT2D eigenvalue weighted by Gasteiger charge is 2.23. The minimum atomic E-state index is -0.314. The molecule has 0 aliphatic heterocycles. The van der Waals surface area contributed by atoms with Gasteiger partial charge in [0.05, 0.1) is 22.6 Å². The molecule has 1 atom stereocenters. The maximum atomic E-state index is 6.19. The maximum Gasteiger partial charge on any atom is 0.115 e. The van der Waals surface area contributed by atoms with Gasteiger partial charge in [0.25, 0.3) is 0 Å². The zero-order valence-corrected chi connectivity index (χ0v) is 11.0. The molecule has 0 saturated heterocycles. The fraction of sp³-hybridized carbons (Fsp3) is 0.364. The molecule has 96 valence electrons. The van der Waals surface area contributed by atoms with Crippen LogP contribution in [0.25, 0.3) is 0 Å². The second-order valence-corrected chi connectivity index (χ2v) is 4.56. The first-order chi connectivity index (χ1) is 8.65. The molecule has 2 aromatic rings. The lowest BCUT2D eigenvalue weighted by atomic mass is 10.1.